The van der Waals surface area contributed by atoms with Crippen LogP contribution in [-0.4, -0.2) is 48.7 Å². The summed E-state index contributed by atoms with van der Waals surface area (Å²) in [5.41, 5.74) is 7.19. The molecule has 0 saturated carbocycles. The summed E-state index contributed by atoms with van der Waals surface area (Å²) >= 11 is 0. The first-order valence-electron chi connectivity index (χ1n) is 11.0. The summed E-state index contributed by atoms with van der Waals surface area (Å²) in [6.45, 7) is 3.18. The van der Waals surface area contributed by atoms with Gasteiger partial charge in [0.25, 0.3) is 0 Å². The summed E-state index contributed by atoms with van der Waals surface area (Å²) in [7, 11) is 0. The maximum absolute atomic E-state index is 11.6. The Morgan fingerprint density at radius 1 is 1.06 bits per heavy atom. The van der Waals surface area contributed by atoms with Crippen LogP contribution >= 0.6 is 0 Å². The third-order valence-electron chi connectivity index (χ3n) is 6.29. The molecule has 2 aromatic heterocycles. The smallest absolute Gasteiger partial charge is 0.338 e. The molecule has 2 aliphatic rings. The van der Waals surface area contributed by atoms with Crippen molar-refractivity contribution in [1.29, 1.82) is 0 Å². The number of esters is 1. The van der Waals surface area contributed by atoms with Crippen molar-refractivity contribution in [2.75, 3.05) is 13.1 Å². The predicted octanol–water partition coefficient (Wildman–Crippen LogP) is 3.00. The summed E-state index contributed by atoms with van der Waals surface area (Å²) in [6, 6.07) is 14.0. The number of aromatic nitrogens is 5. The molecule has 0 bridgehead atoms. The van der Waals surface area contributed by atoms with Gasteiger partial charge >= 0.3 is 5.97 Å². The van der Waals surface area contributed by atoms with Gasteiger partial charge in [0.1, 0.15) is 19.3 Å². The molecule has 0 fully saturated rings. The maximum Gasteiger partial charge on any atom is 0.338 e. The van der Waals surface area contributed by atoms with Crippen LogP contribution in [-0.2, 0) is 30.7 Å². The Bertz CT molecular complexity index is 1320. The van der Waals surface area contributed by atoms with Crippen molar-refractivity contribution in [2.24, 2.45) is 0 Å². The zero-order chi connectivity index (χ0) is 22.2. The molecule has 33 heavy (non-hydrogen) atoms. The molecule has 0 radical (unpaired) electrons. The van der Waals surface area contributed by atoms with Crippen LogP contribution in [0.15, 0.2) is 61.3 Å². The van der Waals surface area contributed by atoms with Gasteiger partial charge in [-0.05, 0) is 42.3 Å². The highest BCUT2D eigenvalue weighted by Crippen LogP contribution is 2.24. The topological polar surface area (TPSA) is 86.0 Å². The molecular formula is C25H22N6O2. The van der Waals surface area contributed by atoms with E-state index in [2.05, 4.69) is 26.0 Å². The van der Waals surface area contributed by atoms with Crippen LogP contribution in [0.25, 0.3) is 17.1 Å². The molecule has 0 aliphatic carbocycles. The molecule has 0 spiro atoms. The number of cyclic esters (lactones) is 1. The molecule has 4 aromatic rings. The van der Waals surface area contributed by atoms with Crippen molar-refractivity contribution in [3.05, 3.63) is 89.3 Å². The second kappa shape index (κ2) is 8.22. The van der Waals surface area contributed by atoms with Gasteiger partial charge in [-0.2, -0.15) is 5.10 Å². The Balaban J connectivity index is 1.11. The van der Waals surface area contributed by atoms with Gasteiger partial charge in [0.2, 0.25) is 0 Å². The van der Waals surface area contributed by atoms with E-state index in [9.17, 15) is 4.79 Å². The van der Waals surface area contributed by atoms with E-state index in [4.69, 9.17) is 9.72 Å². The van der Waals surface area contributed by atoms with Crippen molar-refractivity contribution in [1.82, 2.24) is 29.6 Å². The lowest BCUT2D eigenvalue weighted by molar-refractivity contribution is 0.0535. The molecule has 0 unspecified atom stereocenters. The molecule has 0 N–H and O–H groups in total. The lowest BCUT2D eigenvalue weighted by Crippen LogP contribution is -2.33. The van der Waals surface area contributed by atoms with Gasteiger partial charge in [0.05, 0.1) is 16.9 Å². The van der Waals surface area contributed by atoms with Crippen LogP contribution < -0.4 is 0 Å². The number of fused-ring (bicyclic) bond motifs is 2. The van der Waals surface area contributed by atoms with Gasteiger partial charge in [0, 0.05) is 48.9 Å². The first-order valence-corrected chi connectivity index (χ1v) is 11.0. The zero-order valence-electron chi connectivity index (χ0n) is 18.0. The maximum atomic E-state index is 11.6. The fourth-order valence-electron chi connectivity index (χ4n) is 4.44. The highest BCUT2D eigenvalue weighted by atomic mass is 16.5. The minimum absolute atomic E-state index is 0.213. The number of benzene rings is 2. The van der Waals surface area contributed by atoms with E-state index in [0.29, 0.717) is 12.2 Å². The molecule has 2 aliphatic heterocycles. The van der Waals surface area contributed by atoms with E-state index in [1.165, 1.54) is 17.5 Å². The minimum atomic E-state index is -0.213. The number of nitrogens with zero attached hydrogens (tertiary/aromatic N) is 6. The van der Waals surface area contributed by atoms with Crippen molar-refractivity contribution in [3.63, 3.8) is 0 Å². The number of carbonyl (C=O) groups is 1. The number of hydrogen-bond donors (Lipinski definition) is 0. The SMILES string of the molecule is O=C1OCc2cc(CCN3CCc4nc(-c5ccc(-n6cncn6)cc5)ncc4C3)ccc21. The van der Waals surface area contributed by atoms with Crippen LogP contribution in [0, 0.1) is 0 Å². The minimum Gasteiger partial charge on any atom is -0.457 e. The van der Waals surface area contributed by atoms with Gasteiger partial charge < -0.3 is 4.74 Å². The molecule has 0 atom stereocenters. The predicted molar refractivity (Wildman–Crippen MR) is 121 cm³/mol. The molecular weight excluding hydrogens is 416 g/mol. The van der Waals surface area contributed by atoms with E-state index < -0.39 is 0 Å². The van der Waals surface area contributed by atoms with Crippen LogP contribution in [0.2, 0.25) is 0 Å². The Morgan fingerprint density at radius 2 is 1.97 bits per heavy atom. The number of hydrogen-bond acceptors (Lipinski definition) is 7. The molecule has 6 rings (SSSR count). The van der Waals surface area contributed by atoms with Gasteiger partial charge in [-0.1, -0.05) is 12.1 Å². The van der Waals surface area contributed by atoms with Crippen molar-refractivity contribution >= 4 is 5.97 Å². The van der Waals surface area contributed by atoms with Crippen molar-refractivity contribution in [3.8, 4) is 17.1 Å². The second-order valence-electron chi connectivity index (χ2n) is 8.40. The fraction of sp³-hybridized carbons (Fsp3) is 0.240. The van der Waals surface area contributed by atoms with E-state index >= 15 is 0 Å². The molecule has 2 aromatic carbocycles. The first kappa shape index (κ1) is 19.8. The Morgan fingerprint density at radius 3 is 2.82 bits per heavy atom. The Labute approximate surface area is 190 Å². The molecule has 8 nitrogen and oxygen atoms in total. The van der Waals surface area contributed by atoms with E-state index in [1.54, 1.807) is 11.0 Å². The van der Waals surface area contributed by atoms with Gasteiger partial charge in [0.15, 0.2) is 5.82 Å². The number of rotatable bonds is 5. The summed E-state index contributed by atoms with van der Waals surface area (Å²) < 4.78 is 6.83. The lowest BCUT2D eigenvalue weighted by atomic mass is 10.0. The summed E-state index contributed by atoms with van der Waals surface area (Å²) in [5, 5.41) is 4.16. The third-order valence-corrected chi connectivity index (χ3v) is 6.29. The Hall–Kier alpha value is -3.91. The molecule has 4 heterocycles. The van der Waals surface area contributed by atoms with E-state index in [-0.39, 0.29) is 5.97 Å². The van der Waals surface area contributed by atoms with Crippen LogP contribution in [0.5, 0.6) is 0 Å². The molecule has 0 saturated heterocycles. The van der Waals surface area contributed by atoms with Crippen LogP contribution in [0.3, 0.4) is 0 Å². The van der Waals surface area contributed by atoms with Gasteiger partial charge in [-0.15, -0.1) is 0 Å². The highest BCUT2D eigenvalue weighted by molar-refractivity contribution is 5.93. The molecule has 8 heteroatoms. The first-order chi connectivity index (χ1) is 16.2. The second-order valence-corrected chi connectivity index (χ2v) is 8.40. The van der Waals surface area contributed by atoms with Gasteiger partial charge in [-0.3, -0.25) is 4.90 Å². The third kappa shape index (κ3) is 3.89. The quantitative estimate of drug-likeness (QED) is 0.443. The van der Waals surface area contributed by atoms with E-state index in [1.807, 2.05) is 42.6 Å². The fourth-order valence-corrected chi connectivity index (χ4v) is 4.44. The monoisotopic (exact) mass is 438 g/mol. The Kier molecular flexibility index (Phi) is 4.92. The van der Waals surface area contributed by atoms with Crippen molar-refractivity contribution in [2.45, 2.75) is 26.0 Å². The van der Waals surface area contributed by atoms with Gasteiger partial charge in [-0.25, -0.2) is 24.4 Å². The molecule has 164 valence electrons. The highest BCUT2D eigenvalue weighted by Gasteiger charge is 2.22. The standard InChI is InChI=1S/C25H22N6O2/c32-25-22-6-1-17(11-19(22)14-33-25)7-9-30-10-8-23-20(13-30)12-27-24(29-23)18-2-4-21(5-3-18)31-16-26-15-28-31/h1-6,11-12,15-16H,7-10,13-14H2. The van der Waals surface area contributed by atoms with Crippen LogP contribution in [0.4, 0.5) is 0 Å². The summed E-state index contributed by atoms with van der Waals surface area (Å²) in [6.07, 6.45) is 7.01. The summed E-state index contributed by atoms with van der Waals surface area (Å²) in [4.78, 5) is 27.5. The summed E-state index contributed by atoms with van der Waals surface area (Å²) in [5.74, 6) is 0.539. The molecule has 0 amide bonds. The van der Waals surface area contributed by atoms with Crippen molar-refractivity contribution < 1.29 is 9.53 Å². The average molecular weight is 438 g/mol. The number of ether oxygens (including phenoxy) is 1. The van der Waals surface area contributed by atoms with E-state index in [0.717, 1.165) is 60.8 Å². The largest absolute Gasteiger partial charge is 0.457 e. The normalized spacial score (nSPS) is 15.2. The van der Waals surface area contributed by atoms with Crippen LogP contribution in [0.1, 0.15) is 32.7 Å². The number of carbonyl (C=O) groups excluding carboxylic acids is 1. The lowest BCUT2D eigenvalue weighted by Gasteiger charge is -2.28. The average Bonchev–Trinajstić information content (AvgIpc) is 3.53. The zero-order valence-corrected chi connectivity index (χ0v) is 18.0.